The standard InChI is InChI=1S/C18H20Cl2N2O/c1-13(14-5-3-2-4-6-14)22-12-18(23)21-10-9-15-7-8-16(19)11-17(15)20/h2-8,11,13,22H,9-10,12H2,1H3,(H,21,23)/t13-/m1/s1. The molecule has 2 aromatic rings. The zero-order valence-corrected chi connectivity index (χ0v) is 14.5. The lowest BCUT2D eigenvalue weighted by atomic mass is 10.1. The highest BCUT2D eigenvalue weighted by Crippen LogP contribution is 2.21. The normalized spacial score (nSPS) is 12.0. The van der Waals surface area contributed by atoms with Crippen LogP contribution in [0.1, 0.15) is 24.1 Å². The predicted octanol–water partition coefficient (Wildman–Crippen LogP) is 4.00. The number of nitrogens with one attached hydrogen (secondary N) is 2. The fourth-order valence-corrected chi connectivity index (χ4v) is 2.73. The number of benzene rings is 2. The van der Waals surface area contributed by atoms with Crippen LogP contribution in [0.2, 0.25) is 10.0 Å². The summed E-state index contributed by atoms with van der Waals surface area (Å²) in [4.78, 5) is 11.9. The van der Waals surface area contributed by atoms with E-state index >= 15 is 0 Å². The maximum atomic E-state index is 11.9. The molecule has 0 bridgehead atoms. The van der Waals surface area contributed by atoms with E-state index in [2.05, 4.69) is 10.6 Å². The van der Waals surface area contributed by atoms with Gasteiger partial charge in [-0.2, -0.15) is 0 Å². The first-order valence-corrected chi connectivity index (χ1v) is 8.31. The van der Waals surface area contributed by atoms with E-state index in [-0.39, 0.29) is 18.5 Å². The maximum absolute atomic E-state index is 11.9. The van der Waals surface area contributed by atoms with Crippen LogP contribution in [0.4, 0.5) is 0 Å². The highest BCUT2D eigenvalue weighted by atomic mass is 35.5. The third kappa shape index (κ3) is 5.87. The molecule has 0 aliphatic carbocycles. The van der Waals surface area contributed by atoms with Gasteiger partial charge in [-0.1, -0.05) is 59.6 Å². The lowest BCUT2D eigenvalue weighted by Gasteiger charge is -2.14. The van der Waals surface area contributed by atoms with Crippen molar-refractivity contribution in [2.45, 2.75) is 19.4 Å². The first kappa shape index (κ1) is 17.8. The first-order valence-electron chi connectivity index (χ1n) is 7.55. The van der Waals surface area contributed by atoms with Crippen molar-refractivity contribution in [2.24, 2.45) is 0 Å². The summed E-state index contributed by atoms with van der Waals surface area (Å²) in [5.41, 5.74) is 2.13. The van der Waals surface area contributed by atoms with Crippen molar-refractivity contribution in [3.8, 4) is 0 Å². The van der Waals surface area contributed by atoms with Gasteiger partial charge in [-0.15, -0.1) is 0 Å². The number of carbonyl (C=O) groups is 1. The molecule has 2 aromatic carbocycles. The summed E-state index contributed by atoms with van der Waals surface area (Å²) in [6.45, 7) is 2.86. The average molecular weight is 351 g/mol. The molecule has 0 radical (unpaired) electrons. The largest absolute Gasteiger partial charge is 0.355 e. The van der Waals surface area contributed by atoms with E-state index in [0.717, 1.165) is 11.1 Å². The molecular formula is C18H20Cl2N2O. The van der Waals surface area contributed by atoms with Gasteiger partial charge in [0.2, 0.25) is 5.91 Å². The van der Waals surface area contributed by atoms with E-state index in [4.69, 9.17) is 23.2 Å². The van der Waals surface area contributed by atoms with Gasteiger partial charge in [0.15, 0.2) is 0 Å². The molecule has 2 N–H and O–H groups in total. The lowest BCUT2D eigenvalue weighted by molar-refractivity contribution is -0.120. The summed E-state index contributed by atoms with van der Waals surface area (Å²) < 4.78 is 0. The topological polar surface area (TPSA) is 41.1 Å². The van der Waals surface area contributed by atoms with E-state index in [1.807, 2.05) is 43.3 Å². The van der Waals surface area contributed by atoms with Crippen LogP contribution < -0.4 is 10.6 Å². The zero-order valence-electron chi connectivity index (χ0n) is 13.0. The number of halogens is 2. The summed E-state index contributed by atoms with van der Waals surface area (Å²) in [5.74, 6) is -0.0298. The van der Waals surface area contributed by atoms with Crippen molar-refractivity contribution in [1.82, 2.24) is 10.6 Å². The van der Waals surface area contributed by atoms with Gasteiger partial charge < -0.3 is 10.6 Å². The summed E-state index contributed by atoms with van der Waals surface area (Å²) in [6, 6.07) is 15.6. The van der Waals surface area contributed by atoms with Gasteiger partial charge in [-0.3, -0.25) is 4.79 Å². The van der Waals surface area contributed by atoms with Crippen LogP contribution in [-0.2, 0) is 11.2 Å². The number of hydrogen-bond donors (Lipinski definition) is 2. The summed E-state index contributed by atoms with van der Waals surface area (Å²) in [6.07, 6.45) is 0.677. The minimum absolute atomic E-state index is 0.0298. The Morgan fingerprint density at radius 2 is 1.87 bits per heavy atom. The molecular weight excluding hydrogens is 331 g/mol. The molecule has 3 nitrogen and oxygen atoms in total. The van der Waals surface area contributed by atoms with Crippen LogP contribution in [-0.4, -0.2) is 19.0 Å². The van der Waals surface area contributed by atoms with E-state index in [9.17, 15) is 4.79 Å². The number of hydrogen-bond acceptors (Lipinski definition) is 2. The summed E-state index contributed by atoms with van der Waals surface area (Å²) in [7, 11) is 0. The lowest BCUT2D eigenvalue weighted by Crippen LogP contribution is -2.36. The molecule has 0 unspecified atom stereocenters. The number of carbonyl (C=O) groups excluding carboxylic acids is 1. The van der Waals surface area contributed by atoms with Gasteiger partial charge in [-0.05, 0) is 36.6 Å². The minimum atomic E-state index is -0.0298. The van der Waals surface area contributed by atoms with Crippen molar-refractivity contribution in [3.63, 3.8) is 0 Å². The SMILES string of the molecule is C[C@@H](NCC(=O)NCCc1ccc(Cl)cc1Cl)c1ccccc1. The summed E-state index contributed by atoms with van der Waals surface area (Å²) >= 11 is 12.0. The molecule has 0 aromatic heterocycles. The second-order valence-electron chi connectivity index (χ2n) is 5.35. The Hall–Kier alpha value is -1.55. The van der Waals surface area contributed by atoms with Gasteiger partial charge >= 0.3 is 0 Å². The molecule has 0 heterocycles. The Bertz CT molecular complexity index is 647. The van der Waals surface area contributed by atoms with Crippen LogP contribution in [0.25, 0.3) is 0 Å². The van der Waals surface area contributed by atoms with E-state index in [1.54, 1.807) is 12.1 Å². The molecule has 0 aliphatic rings. The zero-order chi connectivity index (χ0) is 16.7. The van der Waals surface area contributed by atoms with Crippen LogP contribution >= 0.6 is 23.2 Å². The molecule has 0 fully saturated rings. The molecule has 2 rings (SSSR count). The van der Waals surface area contributed by atoms with Crippen molar-refractivity contribution >= 4 is 29.1 Å². The third-order valence-corrected chi connectivity index (χ3v) is 4.19. The highest BCUT2D eigenvalue weighted by Gasteiger charge is 2.07. The minimum Gasteiger partial charge on any atom is -0.355 e. The smallest absolute Gasteiger partial charge is 0.233 e. The number of rotatable bonds is 7. The predicted molar refractivity (Wildman–Crippen MR) is 96.0 cm³/mol. The second kappa shape index (κ2) is 8.92. The average Bonchev–Trinajstić information content (AvgIpc) is 2.55. The molecule has 0 spiro atoms. The van der Waals surface area contributed by atoms with Gasteiger partial charge in [-0.25, -0.2) is 0 Å². The van der Waals surface area contributed by atoms with E-state index < -0.39 is 0 Å². The van der Waals surface area contributed by atoms with Crippen molar-refractivity contribution in [2.75, 3.05) is 13.1 Å². The molecule has 1 atom stereocenters. The molecule has 122 valence electrons. The van der Waals surface area contributed by atoms with Gasteiger partial charge in [0.1, 0.15) is 0 Å². The van der Waals surface area contributed by atoms with Crippen LogP contribution in [0, 0.1) is 0 Å². The van der Waals surface area contributed by atoms with Gasteiger partial charge in [0, 0.05) is 22.6 Å². The fraction of sp³-hybridized carbons (Fsp3) is 0.278. The Labute approximate surface area is 147 Å². The molecule has 23 heavy (non-hydrogen) atoms. The van der Waals surface area contributed by atoms with Gasteiger partial charge in [0.05, 0.1) is 6.54 Å². The Morgan fingerprint density at radius 3 is 2.57 bits per heavy atom. The van der Waals surface area contributed by atoms with E-state index in [1.165, 1.54) is 0 Å². The molecule has 1 amide bonds. The van der Waals surface area contributed by atoms with Gasteiger partial charge in [0.25, 0.3) is 0 Å². The van der Waals surface area contributed by atoms with Crippen LogP contribution in [0.15, 0.2) is 48.5 Å². The van der Waals surface area contributed by atoms with Crippen LogP contribution in [0.3, 0.4) is 0 Å². The quantitative estimate of drug-likeness (QED) is 0.792. The molecule has 0 aliphatic heterocycles. The van der Waals surface area contributed by atoms with Crippen molar-refractivity contribution in [1.29, 1.82) is 0 Å². The summed E-state index contributed by atoms with van der Waals surface area (Å²) in [5, 5.41) is 7.34. The number of amides is 1. The van der Waals surface area contributed by atoms with E-state index in [0.29, 0.717) is 23.0 Å². The highest BCUT2D eigenvalue weighted by molar-refractivity contribution is 6.35. The Kier molecular flexibility index (Phi) is 6.90. The van der Waals surface area contributed by atoms with Crippen molar-refractivity contribution in [3.05, 3.63) is 69.7 Å². The Morgan fingerprint density at radius 1 is 1.13 bits per heavy atom. The molecule has 5 heteroatoms. The third-order valence-electron chi connectivity index (χ3n) is 3.60. The monoisotopic (exact) mass is 350 g/mol. The second-order valence-corrected chi connectivity index (χ2v) is 6.19. The fourth-order valence-electron chi connectivity index (χ4n) is 2.23. The van der Waals surface area contributed by atoms with Crippen LogP contribution in [0.5, 0.6) is 0 Å². The maximum Gasteiger partial charge on any atom is 0.233 e. The molecule has 0 saturated heterocycles. The molecule has 0 saturated carbocycles. The van der Waals surface area contributed by atoms with Crippen molar-refractivity contribution < 1.29 is 4.79 Å². The first-order chi connectivity index (χ1) is 11.1. The Balaban J connectivity index is 1.71.